The smallest absolute Gasteiger partial charge is 0.330 e. The molecule has 7 nitrogen and oxygen atoms in total. The van der Waals surface area contributed by atoms with Crippen LogP contribution in [0.3, 0.4) is 0 Å². The van der Waals surface area contributed by atoms with E-state index in [1.54, 1.807) is 6.08 Å². The van der Waals surface area contributed by atoms with Crippen LogP contribution in [-0.2, 0) is 32.9 Å². The fourth-order valence-electron chi connectivity index (χ4n) is 8.16. The Bertz CT molecular complexity index is 807. The third kappa shape index (κ3) is 10.4. The van der Waals surface area contributed by atoms with Crippen LogP contribution in [0.5, 0.6) is 0 Å². The van der Waals surface area contributed by atoms with Gasteiger partial charge in [-0.3, -0.25) is 0 Å². The molecule has 2 heterocycles. The summed E-state index contributed by atoms with van der Waals surface area (Å²) in [4.78, 5) is 12.0. The molecule has 8 heteroatoms. The first-order valence-corrected chi connectivity index (χ1v) is 20.5. The van der Waals surface area contributed by atoms with E-state index in [1.165, 1.54) is 45.6 Å². The molecule has 2 unspecified atom stereocenters. The Morgan fingerprint density at radius 3 is 2.09 bits per heavy atom. The fraction of sp³-hybridized carbons (Fsp3) is 0.914. The highest BCUT2D eigenvalue weighted by molar-refractivity contribution is 6.73. The standard InChI is InChI=1S/C35H62O7Si/c1-5-43(6-2,7-3)42-32-26-31(41-35-21-12-14-25-39-35)29(28(32)18-15-19-33(36)37-4)22-23-30(27-16-9-8-10-17-27)40-34-20-11-13-24-38-34/h15,19,27-32,34-35H,5-14,16-18,20-26H2,1-4H3/b19-15-/t28-,29-,30-,31-,32+,34?,35?/m1/s1. The van der Waals surface area contributed by atoms with E-state index in [0.717, 1.165) is 89.1 Å². The number of carbonyl (C=O) groups is 1. The van der Waals surface area contributed by atoms with Gasteiger partial charge in [0, 0.05) is 19.3 Å². The molecule has 248 valence electrons. The number of allylic oxidation sites excluding steroid dienone is 1. The zero-order valence-electron chi connectivity index (χ0n) is 27.8. The van der Waals surface area contributed by atoms with Gasteiger partial charge < -0.3 is 28.1 Å². The molecular formula is C35H62O7Si. The molecule has 2 saturated heterocycles. The van der Waals surface area contributed by atoms with Crippen LogP contribution in [0, 0.1) is 17.8 Å². The number of carbonyl (C=O) groups excluding carboxylic acids is 1. The summed E-state index contributed by atoms with van der Waals surface area (Å²) >= 11 is 0. The van der Waals surface area contributed by atoms with Gasteiger partial charge in [0.25, 0.3) is 0 Å². The molecule has 0 spiro atoms. The van der Waals surface area contributed by atoms with Crippen LogP contribution in [0.2, 0.25) is 18.1 Å². The lowest BCUT2D eigenvalue weighted by Crippen LogP contribution is -2.41. The van der Waals surface area contributed by atoms with E-state index < -0.39 is 8.32 Å². The lowest BCUT2D eigenvalue weighted by molar-refractivity contribution is -0.207. The van der Waals surface area contributed by atoms with Crippen molar-refractivity contribution in [2.45, 2.75) is 166 Å². The van der Waals surface area contributed by atoms with Crippen LogP contribution < -0.4 is 0 Å². The summed E-state index contributed by atoms with van der Waals surface area (Å²) in [6, 6.07) is 3.38. The SMILES string of the molecule is CC[Si](CC)(CC)O[C@H]1C[C@@H](OC2CCCCO2)[C@H](CC[C@@H](OC2CCCCO2)C2CCCCC2)[C@H]1C/C=C\C(=O)OC. The van der Waals surface area contributed by atoms with Gasteiger partial charge in [-0.25, -0.2) is 4.79 Å². The molecule has 4 rings (SSSR count). The molecule has 7 atom stereocenters. The summed E-state index contributed by atoms with van der Waals surface area (Å²) in [6.07, 6.45) is 20.6. The minimum Gasteiger partial charge on any atom is -0.466 e. The summed E-state index contributed by atoms with van der Waals surface area (Å²) < 4.78 is 38.0. The highest BCUT2D eigenvalue weighted by atomic mass is 28.4. The maximum absolute atomic E-state index is 12.0. The van der Waals surface area contributed by atoms with Crippen molar-refractivity contribution in [2.75, 3.05) is 20.3 Å². The third-order valence-electron chi connectivity index (χ3n) is 11.1. The first-order valence-electron chi connectivity index (χ1n) is 18.0. The molecule has 4 fully saturated rings. The van der Waals surface area contributed by atoms with Gasteiger partial charge in [0.1, 0.15) is 0 Å². The largest absolute Gasteiger partial charge is 0.466 e. The number of rotatable bonds is 16. The van der Waals surface area contributed by atoms with Gasteiger partial charge in [-0.15, -0.1) is 0 Å². The normalized spacial score (nSPS) is 31.8. The van der Waals surface area contributed by atoms with Gasteiger partial charge >= 0.3 is 5.97 Å². The molecular weight excluding hydrogens is 560 g/mol. The minimum atomic E-state index is -1.85. The summed E-state index contributed by atoms with van der Waals surface area (Å²) in [5.74, 6) is 0.904. The molecule has 0 aromatic carbocycles. The van der Waals surface area contributed by atoms with Crippen molar-refractivity contribution >= 4 is 14.3 Å². The van der Waals surface area contributed by atoms with Crippen molar-refractivity contribution in [3.8, 4) is 0 Å². The molecule has 0 bridgehead atoms. The molecule has 43 heavy (non-hydrogen) atoms. The van der Waals surface area contributed by atoms with E-state index in [4.69, 9.17) is 28.1 Å². The second-order valence-corrected chi connectivity index (χ2v) is 18.3. The average Bonchev–Trinajstić information content (AvgIpc) is 3.37. The fourth-order valence-corrected chi connectivity index (χ4v) is 11.1. The summed E-state index contributed by atoms with van der Waals surface area (Å²) in [7, 11) is -0.408. The number of hydrogen-bond donors (Lipinski definition) is 0. The van der Waals surface area contributed by atoms with Gasteiger partial charge in [-0.05, 0) is 113 Å². The van der Waals surface area contributed by atoms with E-state index >= 15 is 0 Å². The Morgan fingerprint density at radius 1 is 0.837 bits per heavy atom. The summed E-state index contributed by atoms with van der Waals surface area (Å²) in [6.45, 7) is 8.51. The molecule has 2 aliphatic heterocycles. The Kier molecular flexibility index (Phi) is 15.0. The maximum atomic E-state index is 12.0. The Labute approximate surface area is 263 Å². The zero-order chi connectivity index (χ0) is 30.5. The van der Waals surface area contributed by atoms with E-state index in [9.17, 15) is 4.79 Å². The highest BCUT2D eigenvalue weighted by Crippen LogP contribution is 2.45. The van der Waals surface area contributed by atoms with Crippen molar-refractivity contribution in [2.24, 2.45) is 17.8 Å². The lowest BCUT2D eigenvalue weighted by Gasteiger charge is -2.37. The minimum absolute atomic E-state index is 0.0629. The topological polar surface area (TPSA) is 72.5 Å². The number of esters is 1. The summed E-state index contributed by atoms with van der Waals surface area (Å²) in [5, 5.41) is 0. The first kappa shape index (κ1) is 35.1. The summed E-state index contributed by atoms with van der Waals surface area (Å²) in [5.41, 5.74) is 0. The number of ether oxygens (including phenoxy) is 5. The second-order valence-electron chi connectivity index (χ2n) is 13.5. The van der Waals surface area contributed by atoms with E-state index in [0.29, 0.717) is 11.8 Å². The molecule has 0 aromatic heterocycles. The predicted octanol–water partition coefficient (Wildman–Crippen LogP) is 8.32. The zero-order valence-corrected chi connectivity index (χ0v) is 28.8. The average molecular weight is 623 g/mol. The van der Waals surface area contributed by atoms with Crippen molar-refractivity contribution < 1.29 is 32.9 Å². The third-order valence-corrected chi connectivity index (χ3v) is 15.7. The Morgan fingerprint density at radius 2 is 1.49 bits per heavy atom. The maximum Gasteiger partial charge on any atom is 0.330 e. The van der Waals surface area contributed by atoms with Crippen molar-refractivity contribution in [1.82, 2.24) is 0 Å². The lowest BCUT2D eigenvalue weighted by atomic mass is 9.80. The number of hydrogen-bond acceptors (Lipinski definition) is 7. The van der Waals surface area contributed by atoms with Gasteiger partial charge in [0.2, 0.25) is 0 Å². The monoisotopic (exact) mass is 622 g/mol. The van der Waals surface area contributed by atoms with Gasteiger partial charge in [0.15, 0.2) is 20.9 Å². The Hall–Kier alpha value is -0.773. The predicted molar refractivity (Wildman–Crippen MR) is 172 cm³/mol. The van der Waals surface area contributed by atoms with Crippen LogP contribution in [-0.4, -0.2) is 65.5 Å². The first-order chi connectivity index (χ1) is 21.0. The molecule has 0 aromatic rings. The second kappa shape index (κ2) is 18.4. The molecule has 0 amide bonds. The molecule has 2 saturated carbocycles. The quantitative estimate of drug-likeness (QED) is 0.0974. The van der Waals surface area contributed by atoms with Crippen LogP contribution >= 0.6 is 0 Å². The molecule has 0 N–H and O–H groups in total. The van der Waals surface area contributed by atoms with E-state index in [2.05, 4.69) is 20.8 Å². The van der Waals surface area contributed by atoms with Crippen molar-refractivity contribution in [3.63, 3.8) is 0 Å². The van der Waals surface area contributed by atoms with E-state index in [1.807, 2.05) is 6.08 Å². The molecule has 4 aliphatic rings. The molecule has 2 aliphatic carbocycles. The van der Waals surface area contributed by atoms with E-state index in [-0.39, 0.29) is 42.8 Å². The Balaban J connectivity index is 1.56. The van der Waals surface area contributed by atoms with Crippen LogP contribution in [0.1, 0.15) is 117 Å². The van der Waals surface area contributed by atoms with Gasteiger partial charge in [-0.2, -0.15) is 0 Å². The van der Waals surface area contributed by atoms with Crippen molar-refractivity contribution in [3.05, 3.63) is 12.2 Å². The molecule has 0 radical (unpaired) electrons. The number of methoxy groups -OCH3 is 1. The van der Waals surface area contributed by atoms with Crippen LogP contribution in [0.4, 0.5) is 0 Å². The van der Waals surface area contributed by atoms with Crippen molar-refractivity contribution in [1.29, 1.82) is 0 Å². The van der Waals surface area contributed by atoms with Gasteiger partial charge in [0.05, 0.1) is 25.4 Å². The van der Waals surface area contributed by atoms with Crippen LogP contribution in [0.15, 0.2) is 12.2 Å². The van der Waals surface area contributed by atoms with Crippen LogP contribution in [0.25, 0.3) is 0 Å². The van der Waals surface area contributed by atoms with Gasteiger partial charge in [-0.1, -0.05) is 46.1 Å². The highest BCUT2D eigenvalue weighted by Gasteiger charge is 2.48.